The summed E-state index contributed by atoms with van der Waals surface area (Å²) in [7, 11) is 0. The van der Waals surface area contributed by atoms with Gasteiger partial charge in [0.15, 0.2) is 0 Å². The van der Waals surface area contributed by atoms with E-state index in [1.54, 1.807) is 12.1 Å². The Bertz CT molecular complexity index is 356. The second-order valence-corrected chi connectivity index (χ2v) is 5.97. The summed E-state index contributed by atoms with van der Waals surface area (Å²) in [6.45, 7) is 5.74. The Labute approximate surface area is 104 Å². The van der Waals surface area contributed by atoms with E-state index in [0.29, 0.717) is 17.2 Å². The van der Waals surface area contributed by atoms with Crippen LogP contribution in [0.25, 0.3) is 0 Å². The van der Waals surface area contributed by atoms with Gasteiger partial charge in [-0.1, -0.05) is 26.0 Å². The molecule has 2 heteroatoms. The monoisotopic (exact) mass is 233 g/mol. The zero-order valence-electron chi connectivity index (χ0n) is 10.9. The van der Waals surface area contributed by atoms with Gasteiger partial charge in [0.1, 0.15) is 5.75 Å². The first-order valence-corrected chi connectivity index (χ1v) is 6.56. The molecule has 1 saturated carbocycles. The van der Waals surface area contributed by atoms with Gasteiger partial charge in [-0.15, -0.1) is 0 Å². The van der Waals surface area contributed by atoms with Gasteiger partial charge in [-0.25, -0.2) is 0 Å². The molecular weight excluding hydrogens is 210 g/mol. The zero-order chi connectivity index (χ0) is 12.3. The van der Waals surface area contributed by atoms with Crippen LogP contribution in [0.3, 0.4) is 0 Å². The minimum atomic E-state index is 0.347. The van der Waals surface area contributed by atoms with E-state index < -0.39 is 0 Å². The highest BCUT2D eigenvalue weighted by Crippen LogP contribution is 2.36. The normalized spacial score (nSPS) is 22.8. The SMILES string of the molecule is CC1(C)CCC(NCCc2ccc(O)cc2)C1. The van der Waals surface area contributed by atoms with Crippen LogP contribution < -0.4 is 5.32 Å². The van der Waals surface area contributed by atoms with E-state index in [-0.39, 0.29) is 0 Å². The maximum absolute atomic E-state index is 9.20. The number of hydrogen-bond donors (Lipinski definition) is 2. The van der Waals surface area contributed by atoms with Crippen molar-refractivity contribution in [2.24, 2.45) is 5.41 Å². The maximum atomic E-state index is 9.20. The Morgan fingerprint density at radius 3 is 2.59 bits per heavy atom. The van der Waals surface area contributed by atoms with Gasteiger partial charge in [-0.05, 0) is 55.3 Å². The minimum Gasteiger partial charge on any atom is -0.508 e. The summed E-state index contributed by atoms with van der Waals surface area (Å²) >= 11 is 0. The molecule has 0 spiro atoms. The first-order chi connectivity index (χ1) is 8.05. The van der Waals surface area contributed by atoms with Crippen molar-refractivity contribution in [3.63, 3.8) is 0 Å². The van der Waals surface area contributed by atoms with Crippen LogP contribution in [0.4, 0.5) is 0 Å². The van der Waals surface area contributed by atoms with E-state index in [1.165, 1.54) is 24.8 Å². The summed E-state index contributed by atoms with van der Waals surface area (Å²) in [5, 5.41) is 12.8. The highest BCUT2D eigenvalue weighted by atomic mass is 16.3. The molecule has 2 nitrogen and oxygen atoms in total. The first kappa shape index (κ1) is 12.4. The third-order valence-electron chi connectivity index (χ3n) is 3.75. The Balaban J connectivity index is 1.71. The third kappa shape index (κ3) is 3.74. The van der Waals surface area contributed by atoms with Crippen molar-refractivity contribution in [2.45, 2.75) is 45.6 Å². The molecular formula is C15H23NO. The van der Waals surface area contributed by atoms with Crippen molar-refractivity contribution >= 4 is 0 Å². The van der Waals surface area contributed by atoms with E-state index in [2.05, 4.69) is 19.2 Å². The second-order valence-electron chi connectivity index (χ2n) is 5.97. The molecule has 1 aliphatic carbocycles. The Kier molecular flexibility index (Phi) is 3.72. The van der Waals surface area contributed by atoms with E-state index in [0.717, 1.165) is 13.0 Å². The lowest BCUT2D eigenvalue weighted by atomic mass is 9.92. The molecule has 0 saturated heterocycles. The number of aromatic hydroxyl groups is 1. The molecule has 0 amide bonds. The summed E-state index contributed by atoms with van der Waals surface area (Å²) in [5.74, 6) is 0.347. The van der Waals surface area contributed by atoms with E-state index in [1.807, 2.05) is 12.1 Å². The summed E-state index contributed by atoms with van der Waals surface area (Å²) in [6.07, 6.45) is 4.98. The summed E-state index contributed by atoms with van der Waals surface area (Å²) < 4.78 is 0. The van der Waals surface area contributed by atoms with Crippen molar-refractivity contribution in [1.82, 2.24) is 5.32 Å². The van der Waals surface area contributed by atoms with Crippen molar-refractivity contribution in [3.8, 4) is 5.75 Å². The van der Waals surface area contributed by atoms with Crippen LogP contribution in [0.5, 0.6) is 5.75 Å². The molecule has 2 rings (SSSR count). The molecule has 0 bridgehead atoms. The molecule has 1 aromatic rings. The molecule has 0 aliphatic heterocycles. The average Bonchev–Trinajstić information content (AvgIpc) is 2.61. The lowest BCUT2D eigenvalue weighted by molar-refractivity contribution is 0.365. The van der Waals surface area contributed by atoms with Gasteiger partial charge in [-0.2, -0.15) is 0 Å². The Morgan fingerprint density at radius 2 is 2.00 bits per heavy atom. The summed E-state index contributed by atoms with van der Waals surface area (Å²) in [6, 6.07) is 8.20. The van der Waals surface area contributed by atoms with Crippen molar-refractivity contribution in [2.75, 3.05) is 6.54 Å². The number of nitrogens with one attached hydrogen (secondary N) is 1. The molecule has 1 aliphatic rings. The van der Waals surface area contributed by atoms with E-state index in [4.69, 9.17) is 0 Å². The van der Waals surface area contributed by atoms with Gasteiger partial charge < -0.3 is 10.4 Å². The summed E-state index contributed by atoms with van der Waals surface area (Å²) in [5.41, 5.74) is 1.81. The summed E-state index contributed by atoms with van der Waals surface area (Å²) in [4.78, 5) is 0. The molecule has 0 aromatic heterocycles. The first-order valence-electron chi connectivity index (χ1n) is 6.56. The molecule has 0 heterocycles. The van der Waals surface area contributed by atoms with Crippen molar-refractivity contribution < 1.29 is 5.11 Å². The van der Waals surface area contributed by atoms with Crippen LogP contribution in [-0.4, -0.2) is 17.7 Å². The fourth-order valence-corrected chi connectivity index (χ4v) is 2.69. The molecule has 1 atom stereocenters. The minimum absolute atomic E-state index is 0.347. The number of hydrogen-bond acceptors (Lipinski definition) is 2. The van der Waals surface area contributed by atoms with Gasteiger partial charge in [0.25, 0.3) is 0 Å². The quantitative estimate of drug-likeness (QED) is 0.837. The van der Waals surface area contributed by atoms with Gasteiger partial charge in [0.2, 0.25) is 0 Å². The lowest BCUT2D eigenvalue weighted by Crippen LogP contribution is -2.29. The molecule has 2 N–H and O–H groups in total. The Hall–Kier alpha value is -1.02. The van der Waals surface area contributed by atoms with Crippen molar-refractivity contribution in [3.05, 3.63) is 29.8 Å². The molecule has 0 radical (unpaired) electrons. The zero-order valence-corrected chi connectivity index (χ0v) is 10.9. The van der Waals surface area contributed by atoms with E-state index in [9.17, 15) is 5.11 Å². The lowest BCUT2D eigenvalue weighted by Gasteiger charge is -2.17. The standard InChI is InChI=1S/C15H23NO/c1-15(2)9-7-13(11-15)16-10-8-12-3-5-14(17)6-4-12/h3-6,13,16-17H,7-11H2,1-2H3. The van der Waals surface area contributed by atoms with Crippen LogP contribution in [0.15, 0.2) is 24.3 Å². The number of benzene rings is 1. The van der Waals surface area contributed by atoms with Gasteiger partial charge in [0.05, 0.1) is 0 Å². The molecule has 1 unspecified atom stereocenters. The van der Waals surface area contributed by atoms with Crippen LogP contribution in [0.1, 0.15) is 38.7 Å². The van der Waals surface area contributed by atoms with Gasteiger partial charge in [-0.3, -0.25) is 0 Å². The predicted octanol–water partition coefficient (Wildman–Crippen LogP) is 3.10. The smallest absolute Gasteiger partial charge is 0.115 e. The maximum Gasteiger partial charge on any atom is 0.115 e. The largest absolute Gasteiger partial charge is 0.508 e. The highest BCUT2D eigenvalue weighted by Gasteiger charge is 2.30. The van der Waals surface area contributed by atoms with Crippen LogP contribution in [-0.2, 0) is 6.42 Å². The predicted molar refractivity (Wildman–Crippen MR) is 71.2 cm³/mol. The molecule has 1 aromatic carbocycles. The van der Waals surface area contributed by atoms with Crippen LogP contribution in [0, 0.1) is 5.41 Å². The average molecular weight is 233 g/mol. The Morgan fingerprint density at radius 1 is 1.29 bits per heavy atom. The second kappa shape index (κ2) is 5.09. The van der Waals surface area contributed by atoms with E-state index >= 15 is 0 Å². The van der Waals surface area contributed by atoms with Gasteiger partial charge >= 0.3 is 0 Å². The molecule has 1 fully saturated rings. The number of phenolic OH excluding ortho intramolecular Hbond substituents is 1. The van der Waals surface area contributed by atoms with Gasteiger partial charge in [0, 0.05) is 6.04 Å². The van der Waals surface area contributed by atoms with Crippen molar-refractivity contribution in [1.29, 1.82) is 0 Å². The number of rotatable bonds is 4. The number of phenols is 1. The fraction of sp³-hybridized carbons (Fsp3) is 0.600. The molecule has 94 valence electrons. The fourth-order valence-electron chi connectivity index (χ4n) is 2.69. The highest BCUT2D eigenvalue weighted by molar-refractivity contribution is 5.25. The molecule has 17 heavy (non-hydrogen) atoms. The third-order valence-corrected chi connectivity index (χ3v) is 3.75. The van der Waals surface area contributed by atoms with Crippen LogP contribution in [0.2, 0.25) is 0 Å². The topological polar surface area (TPSA) is 32.3 Å². The van der Waals surface area contributed by atoms with Crippen LogP contribution >= 0.6 is 0 Å².